The lowest BCUT2D eigenvalue weighted by molar-refractivity contribution is -0.126. The fourth-order valence-electron chi connectivity index (χ4n) is 2.52. The van der Waals surface area contributed by atoms with Gasteiger partial charge in [-0.25, -0.2) is 4.39 Å². The van der Waals surface area contributed by atoms with Crippen LogP contribution in [-0.2, 0) is 4.79 Å². The number of hydrogen-bond acceptors (Lipinski definition) is 3. The Morgan fingerprint density at radius 2 is 1.96 bits per heavy atom. The van der Waals surface area contributed by atoms with Crippen molar-refractivity contribution in [1.82, 2.24) is 9.88 Å². The summed E-state index contributed by atoms with van der Waals surface area (Å²) in [5.74, 6) is -0.320. The van der Waals surface area contributed by atoms with Crippen LogP contribution in [0.1, 0.15) is 23.4 Å². The van der Waals surface area contributed by atoms with Gasteiger partial charge in [-0.15, -0.1) is 11.3 Å². The van der Waals surface area contributed by atoms with Crippen LogP contribution in [0, 0.1) is 5.82 Å². The van der Waals surface area contributed by atoms with Crippen LogP contribution in [0.25, 0.3) is 16.5 Å². The average molecular weight is 366 g/mol. The Balaban J connectivity index is 1.67. The average Bonchev–Trinajstić information content (AvgIpc) is 3.15. The molecular formula is C21H19FN2OS. The maximum absolute atomic E-state index is 13.0. The van der Waals surface area contributed by atoms with Crippen LogP contribution in [0.5, 0.6) is 0 Å². The summed E-state index contributed by atoms with van der Waals surface area (Å²) < 4.78 is 13.0. The van der Waals surface area contributed by atoms with Crippen LogP contribution in [0.15, 0.2) is 67.0 Å². The normalized spacial score (nSPS) is 12.3. The van der Waals surface area contributed by atoms with E-state index >= 15 is 0 Å². The first kappa shape index (κ1) is 18.0. The van der Waals surface area contributed by atoms with Gasteiger partial charge in [-0.2, -0.15) is 0 Å². The molecule has 2 heterocycles. The van der Waals surface area contributed by atoms with E-state index < -0.39 is 0 Å². The molecule has 0 unspecified atom stereocenters. The van der Waals surface area contributed by atoms with E-state index in [1.807, 2.05) is 37.3 Å². The SMILES string of the molecule is C[C@@H](c1cccnc1)N(C)C(=O)/C=C\c1ccc(-c2ccc(F)cc2)s1. The zero-order valence-electron chi connectivity index (χ0n) is 14.6. The first-order chi connectivity index (χ1) is 12.5. The van der Waals surface area contributed by atoms with Crippen molar-refractivity contribution in [3.05, 3.63) is 83.3 Å². The molecule has 0 spiro atoms. The predicted molar refractivity (Wildman–Crippen MR) is 104 cm³/mol. The topological polar surface area (TPSA) is 33.2 Å². The number of aromatic nitrogens is 1. The highest BCUT2D eigenvalue weighted by Crippen LogP contribution is 2.29. The van der Waals surface area contributed by atoms with Gasteiger partial charge in [0.15, 0.2) is 0 Å². The molecule has 0 aliphatic rings. The predicted octanol–water partition coefficient (Wildman–Crippen LogP) is 5.18. The van der Waals surface area contributed by atoms with Crippen LogP contribution >= 0.6 is 11.3 Å². The van der Waals surface area contributed by atoms with Gasteiger partial charge in [-0.05, 0) is 54.5 Å². The molecule has 1 atom stereocenters. The Hall–Kier alpha value is -2.79. The molecule has 26 heavy (non-hydrogen) atoms. The van der Waals surface area contributed by atoms with E-state index in [1.54, 1.807) is 53.9 Å². The summed E-state index contributed by atoms with van der Waals surface area (Å²) in [6, 6.07) is 14.1. The lowest BCUT2D eigenvalue weighted by Gasteiger charge is -2.23. The third kappa shape index (κ3) is 4.24. The van der Waals surface area contributed by atoms with Crippen molar-refractivity contribution < 1.29 is 9.18 Å². The quantitative estimate of drug-likeness (QED) is 0.583. The Bertz CT molecular complexity index is 903. The zero-order chi connectivity index (χ0) is 18.5. The molecule has 0 N–H and O–H groups in total. The number of nitrogens with zero attached hydrogens (tertiary/aromatic N) is 2. The standard InChI is InChI=1S/C21H19FN2OS/c1-15(17-4-3-13-23-14-17)24(2)21(25)12-10-19-9-11-20(26-19)16-5-7-18(22)8-6-16/h3-15H,1-2H3/b12-10-/t15-/m0/s1. The number of benzene rings is 1. The first-order valence-electron chi connectivity index (χ1n) is 8.25. The van der Waals surface area contributed by atoms with Gasteiger partial charge in [-0.3, -0.25) is 9.78 Å². The Labute approximate surface area is 156 Å². The molecule has 5 heteroatoms. The minimum atomic E-state index is -0.248. The third-order valence-corrected chi connectivity index (χ3v) is 5.34. The van der Waals surface area contributed by atoms with Gasteiger partial charge in [0.2, 0.25) is 5.91 Å². The molecule has 0 radical (unpaired) electrons. The highest BCUT2D eigenvalue weighted by atomic mass is 32.1. The van der Waals surface area contributed by atoms with E-state index in [1.165, 1.54) is 12.1 Å². The molecule has 0 aliphatic heterocycles. The molecule has 2 aromatic heterocycles. The molecule has 1 amide bonds. The summed E-state index contributed by atoms with van der Waals surface area (Å²) in [6.07, 6.45) is 6.87. The van der Waals surface area contributed by atoms with Gasteiger partial charge < -0.3 is 4.90 Å². The summed E-state index contributed by atoms with van der Waals surface area (Å²) in [5, 5.41) is 0. The Kier molecular flexibility index (Phi) is 5.58. The number of carbonyl (C=O) groups is 1. The monoisotopic (exact) mass is 366 g/mol. The van der Waals surface area contributed by atoms with E-state index in [2.05, 4.69) is 4.98 Å². The largest absolute Gasteiger partial charge is 0.335 e. The number of likely N-dealkylation sites (N-methyl/N-ethyl adjacent to an activating group) is 1. The van der Waals surface area contributed by atoms with E-state index in [4.69, 9.17) is 0 Å². The van der Waals surface area contributed by atoms with Crippen molar-refractivity contribution in [3.63, 3.8) is 0 Å². The molecule has 0 saturated carbocycles. The maximum atomic E-state index is 13.0. The van der Waals surface area contributed by atoms with E-state index in [-0.39, 0.29) is 17.8 Å². The number of rotatable bonds is 5. The molecule has 0 aliphatic carbocycles. The van der Waals surface area contributed by atoms with Crippen LogP contribution in [-0.4, -0.2) is 22.8 Å². The molecule has 3 nitrogen and oxygen atoms in total. The van der Waals surface area contributed by atoms with Gasteiger partial charge >= 0.3 is 0 Å². The number of pyridine rings is 1. The number of halogens is 1. The van der Waals surface area contributed by atoms with Gasteiger partial charge in [0.1, 0.15) is 5.82 Å². The lowest BCUT2D eigenvalue weighted by Crippen LogP contribution is -2.28. The second-order valence-electron chi connectivity index (χ2n) is 5.95. The number of amides is 1. The minimum Gasteiger partial charge on any atom is -0.335 e. The molecule has 3 aromatic rings. The summed E-state index contributed by atoms with van der Waals surface area (Å²) in [5.41, 5.74) is 1.95. The van der Waals surface area contributed by atoms with Crippen LogP contribution < -0.4 is 0 Å². The van der Waals surface area contributed by atoms with Crippen LogP contribution in [0.3, 0.4) is 0 Å². The third-order valence-electron chi connectivity index (χ3n) is 4.24. The highest BCUT2D eigenvalue weighted by molar-refractivity contribution is 7.16. The summed E-state index contributed by atoms with van der Waals surface area (Å²) in [4.78, 5) is 20.2. The summed E-state index contributed by atoms with van der Waals surface area (Å²) in [6.45, 7) is 1.97. The number of carbonyl (C=O) groups excluding carboxylic acids is 1. The lowest BCUT2D eigenvalue weighted by atomic mass is 10.1. The Morgan fingerprint density at radius 1 is 1.19 bits per heavy atom. The van der Waals surface area contributed by atoms with Gasteiger partial charge in [0.25, 0.3) is 0 Å². The second-order valence-corrected chi connectivity index (χ2v) is 7.07. The molecule has 0 bridgehead atoms. The smallest absolute Gasteiger partial charge is 0.246 e. The minimum absolute atomic E-state index is 0.0565. The van der Waals surface area contributed by atoms with Crippen molar-refractivity contribution >= 4 is 23.3 Å². The van der Waals surface area contributed by atoms with Crippen LogP contribution in [0.4, 0.5) is 4.39 Å². The molecule has 3 rings (SSSR count). The van der Waals surface area contributed by atoms with Gasteiger partial charge in [-0.1, -0.05) is 18.2 Å². The van der Waals surface area contributed by atoms with E-state index in [0.717, 1.165) is 20.9 Å². The summed E-state index contributed by atoms with van der Waals surface area (Å²) >= 11 is 1.56. The number of thiophene rings is 1. The van der Waals surface area contributed by atoms with E-state index in [9.17, 15) is 9.18 Å². The zero-order valence-corrected chi connectivity index (χ0v) is 15.4. The molecule has 0 saturated heterocycles. The highest BCUT2D eigenvalue weighted by Gasteiger charge is 2.15. The first-order valence-corrected chi connectivity index (χ1v) is 9.07. The van der Waals surface area contributed by atoms with Crippen molar-refractivity contribution in [2.75, 3.05) is 7.05 Å². The fraction of sp³-hybridized carbons (Fsp3) is 0.143. The van der Waals surface area contributed by atoms with Gasteiger partial charge in [0, 0.05) is 35.3 Å². The van der Waals surface area contributed by atoms with Crippen molar-refractivity contribution in [1.29, 1.82) is 0 Å². The Morgan fingerprint density at radius 3 is 2.65 bits per heavy atom. The molecular weight excluding hydrogens is 347 g/mol. The van der Waals surface area contributed by atoms with Gasteiger partial charge in [0.05, 0.1) is 6.04 Å². The molecule has 1 aromatic carbocycles. The summed E-state index contributed by atoms with van der Waals surface area (Å²) in [7, 11) is 1.78. The fourth-order valence-corrected chi connectivity index (χ4v) is 3.44. The molecule has 132 valence electrons. The number of hydrogen-bond donors (Lipinski definition) is 0. The van der Waals surface area contributed by atoms with Crippen molar-refractivity contribution in [2.45, 2.75) is 13.0 Å². The molecule has 0 fully saturated rings. The van der Waals surface area contributed by atoms with Crippen molar-refractivity contribution in [3.8, 4) is 10.4 Å². The van der Waals surface area contributed by atoms with Crippen LogP contribution in [0.2, 0.25) is 0 Å². The second kappa shape index (κ2) is 8.06. The maximum Gasteiger partial charge on any atom is 0.246 e. The van der Waals surface area contributed by atoms with Crippen molar-refractivity contribution in [2.24, 2.45) is 0 Å². The van der Waals surface area contributed by atoms with E-state index in [0.29, 0.717) is 0 Å².